The lowest BCUT2D eigenvalue weighted by atomic mass is 9.94. The molecule has 1 atom stereocenters. The van der Waals surface area contributed by atoms with Gasteiger partial charge in [-0.1, -0.05) is 30.3 Å². The number of aromatic nitrogens is 2. The number of carbonyl (C=O) groups is 1. The minimum Gasteiger partial charge on any atom is -0.472 e. The first kappa shape index (κ1) is 15.6. The third-order valence-corrected chi connectivity index (χ3v) is 4.60. The molecule has 1 amide bonds. The first-order chi connectivity index (χ1) is 12.3. The van der Waals surface area contributed by atoms with Crippen molar-refractivity contribution in [3.05, 3.63) is 72.4 Å². The molecule has 0 unspecified atom stereocenters. The van der Waals surface area contributed by atoms with Crippen LogP contribution in [0.4, 0.5) is 0 Å². The molecule has 5 heteroatoms. The van der Waals surface area contributed by atoms with Crippen molar-refractivity contribution in [2.75, 3.05) is 13.1 Å². The summed E-state index contributed by atoms with van der Waals surface area (Å²) < 4.78 is 5.03. The molecule has 0 radical (unpaired) electrons. The Bertz CT molecular complexity index is 846. The van der Waals surface area contributed by atoms with Gasteiger partial charge in [-0.05, 0) is 25.0 Å². The van der Waals surface area contributed by atoms with Crippen molar-refractivity contribution in [2.24, 2.45) is 0 Å². The molecule has 1 aliphatic rings. The maximum Gasteiger partial charge on any atom is 0.257 e. The van der Waals surface area contributed by atoms with E-state index >= 15 is 0 Å². The normalized spacial score (nSPS) is 17.4. The zero-order chi connectivity index (χ0) is 17.1. The highest BCUT2D eigenvalue weighted by molar-refractivity contribution is 5.93. The van der Waals surface area contributed by atoms with E-state index in [2.05, 4.69) is 4.98 Å². The second-order valence-electron chi connectivity index (χ2n) is 6.27. The Morgan fingerprint density at radius 3 is 2.84 bits per heavy atom. The summed E-state index contributed by atoms with van der Waals surface area (Å²) >= 11 is 0. The first-order valence-electron chi connectivity index (χ1n) is 8.51. The molecule has 1 fully saturated rings. The zero-order valence-electron chi connectivity index (χ0n) is 13.8. The van der Waals surface area contributed by atoms with E-state index in [1.165, 1.54) is 12.5 Å². The highest BCUT2D eigenvalue weighted by Crippen LogP contribution is 2.27. The monoisotopic (exact) mass is 333 g/mol. The Labute approximate surface area is 146 Å². The van der Waals surface area contributed by atoms with Crippen LogP contribution < -0.4 is 0 Å². The van der Waals surface area contributed by atoms with Crippen molar-refractivity contribution in [1.29, 1.82) is 0 Å². The summed E-state index contributed by atoms with van der Waals surface area (Å²) in [6.45, 7) is 1.45. The van der Waals surface area contributed by atoms with Crippen molar-refractivity contribution < 1.29 is 9.21 Å². The molecule has 1 aliphatic heterocycles. The SMILES string of the molecule is O=C(c1ccoc1)N1CCC[C@H](c2ccnc(-c3ccccc3)n2)C1. The Balaban J connectivity index is 1.55. The Morgan fingerprint density at radius 2 is 2.04 bits per heavy atom. The third-order valence-electron chi connectivity index (χ3n) is 4.60. The lowest BCUT2D eigenvalue weighted by molar-refractivity contribution is 0.0705. The summed E-state index contributed by atoms with van der Waals surface area (Å²) in [6, 6.07) is 13.6. The first-order valence-corrected chi connectivity index (χ1v) is 8.51. The molecule has 1 aromatic carbocycles. The molecule has 0 N–H and O–H groups in total. The molecule has 0 saturated carbocycles. The molecule has 0 spiro atoms. The zero-order valence-corrected chi connectivity index (χ0v) is 13.8. The molecule has 1 saturated heterocycles. The van der Waals surface area contributed by atoms with Gasteiger partial charge in [0.1, 0.15) is 6.26 Å². The topological polar surface area (TPSA) is 59.2 Å². The molecule has 3 heterocycles. The van der Waals surface area contributed by atoms with Gasteiger partial charge in [0, 0.05) is 36.5 Å². The maximum atomic E-state index is 12.6. The summed E-state index contributed by atoms with van der Waals surface area (Å²) in [5, 5.41) is 0. The van der Waals surface area contributed by atoms with Crippen molar-refractivity contribution >= 4 is 5.91 Å². The number of amides is 1. The molecule has 5 nitrogen and oxygen atoms in total. The molecule has 4 rings (SSSR count). The average Bonchev–Trinajstić information content (AvgIpc) is 3.23. The number of rotatable bonds is 3. The van der Waals surface area contributed by atoms with Crippen LogP contribution in [0.5, 0.6) is 0 Å². The van der Waals surface area contributed by atoms with Crippen LogP contribution in [-0.4, -0.2) is 33.9 Å². The molecular formula is C20H19N3O2. The fraction of sp³-hybridized carbons (Fsp3) is 0.250. The van der Waals surface area contributed by atoms with Crippen molar-refractivity contribution in [3.63, 3.8) is 0 Å². The highest BCUT2D eigenvalue weighted by atomic mass is 16.3. The number of hydrogen-bond acceptors (Lipinski definition) is 4. The molecule has 0 aliphatic carbocycles. The Hall–Kier alpha value is -2.95. The fourth-order valence-corrected chi connectivity index (χ4v) is 3.30. The highest BCUT2D eigenvalue weighted by Gasteiger charge is 2.27. The van der Waals surface area contributed by atoms with Crippen LogP contribution in [0.15, 0.2) is 65.6 Å². The van der Waals surface area contributed by atoms with Gasteiger partial charge in [-0.25, -0.2) is 9.97 Å². The van der Waals surface area contributed by atoms with E-state index in [0.717, 1.165) is 36.5 Å². The van der Waals surface area contributed by atoms with E-state index in [1.54, 1.807) is 6.07 Å². The van der Waals surface area contributed by atoms with Gasteiger partial charge >= 0.3 is 0 Å². The standard InChI is InChI=1S/C20H19N3O2/c24-20(17-9-12-25-14-17)23-11-4-7-16(13-23)18-8-10-21-19(22-18)15-5-2-1-3-6-15/h1-3,5-6,8-10,12,14,16H,4,7,11,13H2/t16-/m0/s1. The quantitative estimate of drug-likeness (QED) is 0.732. The van der Waals surface area contributed by atoms with Crippen LogP contribution in [0.1, 0.15) is 34.8 Å². The smallest absolute Gasteiger partial charge is 0.257 e. The van der Waals surface area contributed by atoms with E-state index in [9.17, 15) is 4.79 Å². The predicted octanol–water partition coefficient (Wildman–Crippen LogP) is 3.76. The van der Waals surface area contributed by atoms with Gasteiger partial charge in [0.2, 0.25) is 0 Å². The van der Waals surface area contributed by atoms with Crippen LogP contribution in [0, 0.1) is 0 Å². The molecule has 25 heavy (non-hydrogen) atoms. The lowest BCUT2D eigenvalue weighted by Crippen LogP contribution is -2.39. The second kappa shape index (κ2) is 6.89. The molecular weight excluding hydrogens is 314 g/mol. The summed E-state index contributed by atoms with van der Waals surface area (Å²) in [6.07, 6.45) is 6.84. The van der Waals surface area contributed by atoms with Crippen molar-refractivity contribution in [3.8, 4) is 11.4 Å². The molecule has 2 aromatic heterocycles. The average molecular weight is 333 g/mol. The Morgan fingerprint density at radius 1 is 1.16 bits per heavy atom. The fourth-order valence-electron chi connectivity index (χ4n) is 3.30. The van der Waals surface area contributed by atoms with Crippen molar-refractivity contribution in [2.45, 2.75) is 18.8 Å². The number of likely N-dealkylation sites (tertiary alicyclic amines) is 1. The van der Waals surface area contributed by atoms with Crippen LogP contribution >= 0.6 is 0 Å². The Kier molecular flexibility index (Phi) is 4.29. The second-order valence-corrected chi connectivity index (χ2v) is 6.27. The van der Waals surface area contributed by atoms with Gasteiger partial charge in [0.15, 0.2) is 5.82 Å². The maximum absolute atomic E-state index is 12.6. The number of carbonyl (C=O) groups excluding carboxylic acids is 1. The number of benzene rings is 1. The third kappa shape index (κ3) is 3.31. The summed E-state index contributed by atoms with van der Waals surface area (Å²) in [5.74, 6) is 0.988. The molecule has 3 aromatic rings. The van der Waals surface area contributed by atoms with E-state index in [0.29, 0.717) is 12.1 Å². The van der Waals surface area contributed by atoms with E-state index in [-0.39, 0.29) is 11.8 Å². The van der Waals surface area contributed by atoms with Gasteiger partial charge < -0.3 is 9.32 Å². The van der Waals surface area contributed by atoms with Gasteiger partial charge in [-0.2, -0.15) is 0 Å². The van der Waals surface area contributed by atoms with E-state index in [4.69, 9.17) is 9.40 Å². The molecule has 0 bridgehead atoms. The van der Waals surface area contributed by atoms with Crippen LogP contribution in [0.2, 0.25) is 0 Å². The summed E-state index contributed by atoms with van der Waals surface area (Å²) in [5.41, 5.74) is 2.61. The predicted molar refractivity (Wildman–Crippen MR) is 94.1 cm³/mol. The minimum atomic E-state index is 0.0239. The van der Waals surface area contributed by atoms with E-state index in [1.807, 2.05) is 47.5 Å². The summed E-state index contributed by atoms with van der Waals surface area (Å²) in [4.78, 5) is 23.6. The van der Waals surface area contributed by atoms with Gasteiger partial charge in [-0.15, -0.1) is 0 Å². The van der Waals surface area contributed by atoms with Crippen LogP contribution in [-0.2, 0) is 0 Å². The minimum absolute atomic E-state index is 0.0239. The van der Waals surface area contributed by atoms with Gasteiger partial charge in [0.25, 0.3) is 5.91 Å². The van der Waals surface area contributed by atoms with Crippen LogP contribution in [0.25, 0.3) is 11.4 Å². The number of nitrogens with zero attached hydrogens (tertiary/aromatic N) is 3. The van der Waals surface area contributed by atoms with Gasteiger partial charge in [-0.3, -0.25) is 4.79 Å². The van der Waals surface area contributed by atoms with E-state index < -0.39 is 0 Å². The lowest BCUT2D eigenvalue weighted by Gasteiger charge is -2.32. The number of piperidine rings is 1. The van der Waals surface area contributed by atoms with Crippen LogP contribution in [0.3, 0.4) is 0 Å². The van der Waals surface area contributed by atoms with Gasteiger partial charge in [0.05, 0.1) is 11.8 Å². The molecule has 126 valence electrons. The summed E-state index contributed by atoms with van der Waals surface area (Å²) in [7, 11) is 0. The van der Waals surface area contributed by atoms with Crippen molar-refractivity contribution in [1.82, 2.24) is 14.9 Å². The number of hydrogen-bond donors (Lipinski definition) is 0. The largest absolute Gasteiger partial charge is 0.472 e. The number of furan rings is 1.